The summed E-state index contributed by atoms with van der Waals surface area (Å²) in [6.07, 6.45) is 1.43. The summed E-state index contributed by atoms with van der Waals surface area (Å²) in [5.74, 6) is -0.491. The molecule has 1 N–H and O–H groups in total. The third-order valence-electron chi connectivity index (χ3n) is 2.44. The molecule has 0 fully saturated rings. The molecule has 1 aromatic heterocycles. The second-order valence-corrected chi connectivity index (χ2v) is 4.84. The highest BCUT2D eigenvalue weighted by atomic mass is 32.1. The maximum Gasteiger partial charge on any atom is 0.357 e. The summed E-state index contributed by atoms with van der Waals surface area (Å²) in [4.78, 5) is 25.6. The summed E-state index contributed by atoms with van der Waals surface area (Å²) in [5.41, 5.74) is 3.43. The normalized spacial score (nSPS) is 10.6. The van der Waals surface area contributed by atoms with Gasteiger partial charge in [-0.2, -0.15) is 5.10 Å². The zero-order chi connectivity index (χ0) is 15.9. The molecule has 1 heterocycles. The average molecular weight is 320 g/mol. The van der Waals surface area contributed by atoms with Crippen molar-refractivity contribution in [2.45, 2.75) is 6.92 Å². The Bertz CT molecular complexity index is 714. The first-order valence-corrected chi connectivity index (χ1v) is 7.14. The number of thiazole rings is 1. The molecule has 0 aliphatic rings. The van der Waals surface area contributed by atoms with E-state index in [2.05, 4.69) is 15.5 Å². The molecule has 0 unspecified atom stereocenters. The number of hydrazone groups is 1. The predicted molar refractivity (Wildman–Crippen MR) is 82.4 cm³/mol. The van der Waals surface area contributed by atoms with Gasteiger partial charge in [-0.1, -0.05) is 12.1 Å². The minimum absolute atomic E-state index is 0.0113. The van der Waals surface area contributed by atoms with Gasteiger partial charge < -0.3 is 4.74 Å². The molecule has 1 aromatic carbocycles. The number of rotatable bonds is 6. The number of esters is 1. The van der Waals surface area contributed by atoms with E-state index in [1.165, 1.54) is 29.7 Å². The van der Waals surface area contributed by atoms with E-state index < -0.39 is 10.9 Å². The van der Waals surface area contributed by atoms with Crippen LogP contribution in [0.25, 0.3) is 0 Å². The van der Waals surface area contributed by atoms with Crippen molar-refractivity contribution in [3.8, 4) is 0 Å². The van der Waals surface area contributed by atoms with E-state index >= 15 is 0 Å². The zero-order valence-corrected chi connectivity index (χ0v) is 12.4. The van der Waals surface area contributed by atoms with Crippen LogP contribution in [0.5, 0.6) is 0 Å². The van der Waals surface area contributed by atoms with Crippen LogP contribution in [0.2, 0.25) is 0 Å². The molecule has 0 radical (unpaired) electrons. The number of ether oxygens (including phenoxy) is 1. The second kappa shape index (κ2) is 7.27. The lowest BCUT2D eigenvalue weighted by molar-refractivity contribution is -0.384. The Hall–Kier alpha value is -2.81. The van der Waals surface area contributed by atoms with Crippen molar-refractivity contribution in [2.24, 2.45) is 5.10 Å². The maximum absolute atomic E-state index is 11.4. The van der Waals surface area contributed by atoms with Crippen molar-refractivity contribution in [3.05, 3.63) is 51.0 Å². The van der Waals surface area contributed by atoms with E-state index in [0.717, 1.165) is 0 Å². The summed E-state index contributed by atoms with van der Waals surface area (Å²) in [6, 6.07) is 6.06. The summed E-state index contributed by atoms with van der Waals surface area (Å²) >= 11 is 1.20. The number of hydrogen-bond donors (Lipinski definition) is 1. The molecule has 8 nitrogen and oxygen atoms in total. The highest BCUT2D eigenvalue weighted by molar-refractivity contribution is 7.13. The Morgan fingerprint density at radius 2 is 2.41 bits per heavy atom. The van der Waals surface area contributed by atoms with Gasteiger partial charge in [0, 0.05) is 23.1 Å². The quantitative estimate of drug-likeness (QED) is 0.379. The first-order chi connectivity index (χ1) is 10.6. The van der Waals surface area contributed by atoms with E-state index in [-0.39, 0.29) is 18.0 Å². The van der Waals surface area contributed by atoms with E-state index in [1.54, 1.807) is 24.4 Å². The topological polar surface area (TPSA) is 107 Å². The van der Waals surface area contributed by atoms with Crippen LogP contribution in [-0.2, 0) is 4.74 Å². The highest BCUT2D eigenvalue weighted by Gasteiger charge is 2.11. The largest absolute Gasteiger partial charge is 0.461 e. The number of carbonyl (C=O) groups is 1. The fourth-order valence-corrected chi connectivity index (χ4v) is 2.13. The third-order valence-corrected chi connectivity index (χ3v) is 3.19. The Balaban J connectivity index is 1.99. The summed E-state index contributed by atoms with van der Waals surface area (Å²) in [5, 5.41) is 16.6. The molecule has 114 valence electrons. The number of nitro groups is 1. The standard InChI is InChI=1S/C13H12N4O4S/c1-2-21-12(18)11-8-22-13(15-11)16-14-7-9-4-3-5-10(6-9)17(19)20/h3-8H,2H2,1H3,(H,15,16)/b14-7+. The molecule has 0 saturated heterocycles. The Labute approximate surface area is 129 Å². The second-order valence-electron chi connectivity index (χ2n) is 3.98. The first kappa shape index (κ1) is 15.6. The fourth-order valence-electron chi connectivity index (χ4n) is 1.50. The zero-order valence-electron chi connectivity index (χ0n) is 11.6. The van der Waals surface area contributed by atoms with Crippen LogP contribution >= 0.6 is 11.3 Å². The van der Waals surface area contributed by atoms with Crippen molar-refractivity contribution >= 4 is 34.3 Å². The number of anilines is 1. The van der Waals surface area contributed by atoms with Crippen LogP contribution in [-0.4, -0.2) is 28.7 Å². The molecular weight excluding hydrogens is 308 g/mol. The molecule has 9 heteroatoms. The number of carbonyl (C=O) groups excluding carboxylic acids is 1. The van der Waals surface area contributed by atoms with Crippen molar-refractivity contribution in [2.75, 3.05) is 12.0 Å². The van der Waals surface area contributed by atoms with Crippen LogP contribution in [0.4, 0.5) is 10.8 Å². The average Bonchev–Trinajstić information content (AvgIpc) is 2.97. The van der Waals surface area contributed by atoms with E-state index in [9.17, 15) is 14.9 Å². The maximum atomic E-state index is 11.4. The summed E-state index contributed by atoms with van der Waals surface area (Å²) in [7, 11) is 0. The Morgan fingerprint density at radius 3 is 3.14 bits per heavy atom. The van der Waals surface area contributed by atoms with Crippen LogP contribution in [0.3, 0.4) is 0 Å². The van der Waals surface area contributed by atoms with Crippen molar-refractivity contribution < 1.29 is 14.5 Å². The highest BCUT2D eigenvalue weighted by Crippen LogP contribution is 2.16. The van der Waals surface area contributed by atoms with E-state index in [4.69, 9.17) is 4.74 Å². The lowest BCUT2D eigenvalue weighted by Gasteiger charge is -1.96. The fraction of sp³-hybridized carbons (Fsp3) is 0.154. The smallest absolute Gasteiger partial charge is 0.357 e. The molecule has 22 heavy (non-hydrogen) atoms. The van der Waals surface area contributed by atoms with Crippen molar-refractivity contribution in [3.63, 3.8) is 0 Å². The van der Waals surface area contributed by atoms with Gasteiger partial charge in [0.15, 0.2) is 5.69 Å². The first-order valence-electron chi connectivity index (χ1n) is 6.26. The Morgan fingerprint density at radius 1 is 1.59 bits per heavy atom. The molecule has 0 bridgehead atoms. The van der Waals surface area contributed by atoms with Crippen molar-refractivity contribution in [1.29, 1.82) is 0 Å². The molecule has 2 rings (SSSR count). The molecular formula is C13H12N4O4S. The lowest BCUT2D eigenvalue weighted by atomic mass is 10.2. The van der Waals surface area contributed by atoms with Crippen LogP contribution < -0.4 is 5.43 Å². The van der Waals surface area contributed by atoms with Gasteiger partial charge in [0.05, 0.1) is 17.7 Å². The lowest BCUT2D eigenvalue weighted by Crippen LogP contribution is -2.04. The predicted octanol–water partition coefficient (Wildman–Crippen LogP) is 2.67. The third kappa shape index (κ3) is 4.09. The summed E-state index contributed by atoms with van der Waals surface area (Å²) in [6.45, 7) is 2.00. The van der Waals surface area contributed by atoms with Gasteiger partial charge in [-0.3, -0.25) is 15.5 Å². The number of nitrogens with one attached hydrogen (secondary N) is 1. The van der Waals surface area contributed by atoms with E-state index in [1.807, 2.05) is 0 Å². The van der Waals surface area contributed by atoms with Gasteiger partial charge in [-0.25, -0.2) is 9.78 Å². The molecule has 0 aliphatic heterocycles. The minimum Gasteiger partial charge on any atom is -0.461 e. The number of aromatic nitrogens is 1. The van der Waals surface area contributed by atoms with E-state index in [0.29, 0.717) is 10.7 Å². The van der Waals surface area contributed by atoms with Crippen molar-refractivity contribution in [1.82, 2.24) is 4.98 Å². The summed E-state index contributed by atoms with van der Waals surface area (Å²) < 4.78 is 4.83. The molecule has 2 aromatic rings. The monoisotopic (exact) mass is 320 g/mol. The van der Waals surface area contributed by atoms with Gasteiger partial charge >= 0.3 is 5.97 Å². The van der Waals surface area contributed by atoms with Crippen LogP contribution in [0.15, 0.2) is 34.7 Å². The van der Waals surface area contributed by atoms with Gasteiger partial charge in [-0.15, -0.1) is 11.3 Å². The number of hydrogen-bond acceptors (Lipinski definition) is 8. The molecule has 0 spiro atoms. The number of nitrogens with zero attached hydrogens (tertiary/aromatic N) is 3. The molecule has 0 amide bonds. The number of benzene rings is 1. The number of non-ortho nitro benzene ring substituents is 1. The van der Waals surface area contributed by atoms with Gasteiger partial charge in [-0.05, 0) is 6.92 Å². The number of nitro benzene ring substituents is 1. The molecule has 0 saturated carbocycles. The minimum atomic E-state index is -0.491. The Kier molecular flexibility index (Phi) is 5.15. The SMILES string of the molecule is CCOC(=O)c1csc(N/N=C/c2cccc([N+](=O)[O-])c2)n1. The van der Waals surface area contributed by atoms with Gasteiger partial charge in [0.25, 0.3) is 5.69 Å². The van der Waals surface area contributed by atoms with Crippen LogP contribution in [0, 0.1) is 10.1 Å². The van der Waals surface area contributed by atoms with Gasteiger partial charge in [0.2, 0.25) is 5.13 Å². The molecule has 0 aliphatic carbocycles. The van der Waals surface area contributed by atoms with Crippen LogP contribution in [0.1, 0.15) is 23.0 Å². The molecule has 0 atom stereocenters. The van der Waals surface area contributed by atoms with Gasteiger partial charge in [0.1, 0.15) is 0 Å².